The number of hydrogen-bond acceptors (Lipinski definition) is 3. The molecule has 4 aliphatic carbocycles. The number of hydrogen-bond donors (Lipinski definition) is 3. The van der Waals surface area contributed by atoms with E-state index in [9.17, 15) is 9.90 Å². The van der Waals surface area contributed by atoms with E-state index >= 15 is 0 Å². The van der Waals surface area contributed by atoms with Crippen LogP contribution in [-0.4, -0.2) is 29.7 Å². The van der Waals surface area contributed by atoms with Gasteiger partial charge in [0, 0.05) is 6.04 Å². The van der Waals surface area contributed by atoms with Gasteiger partial charge in [0.05, 0.1) is 12.6 Å². The SMILES string of the molecule is C[C@H](O)[C@H]1CCC2C3CC[C@H]4C[C@H](NC(=O)CN)CC[C@@H]4C3CC[C@@]21C.Cl. The summed E-state index contributed by atoms with van der Waals surface area (Å²) in [5.41, 5.74) is 5.84. The molecule has 0 aliphatic heterocycles. The molecular formula is C22H39ClN2O2. The Kier molecular flexibility index (Phi) is 6.49. The second-order valence-electron chi connectivity index (χ2n) is 10.2. The number of halogens is 1. The van der Waals surface area contributed by atoms with Crippen LogP contribution in [-0.2, 0) is 4.79 Å². The van der Waals surface area contributed by atoms with Crippen LogP contribution in [0.4, 0.5) is 0 Å². The maximum absolute atomic E-state index is 11.7. The Hall–Kier alpha value is -0.320. The van der Waals surface area contributed by atoms with Gasteiger partial charge in [-0.1, -0.05) is 6.92 Å². The van der Waals surface area contributed by atoms with Crippen molar-refractivity contribution in [2.24, 2.45) is 46.7 Å². The fraction of sp³-hybridized carbons (Fsp3) is 0.955. The molecule has 9 atom stereocenters. The average Bonchev–Trinajstić information content (AvgIpc) is 2.98. The molecule has 4 aliphatic rings. The Morgan fingerprint density at radius 3 is 2.56 bits per heavy atom. The van der Waals surface area contributed by atoms with Crippen LogP contribution >= 0.6 is 12.4 Å². The standard InChI is InChI=1S/C22H38N2O2.ClH/c1-13(25)19-7-8-20-18-5-3-14-11-15(24-21(26)12-23)4-6-16(14)17(18)9-10-22(19,20)2;/h13-20,25H,3-12,23H2,1-2H3,(H,24,26);1H/t13-,14-,15+,16-,17?,18?,19+,20?,22+;/m0./s1. The molecule has 1 amide bonds. The number of aliphatic hydroxyl groups is 1. The highest BCUT2D eigenvalue weighted by Crippen LogP contribution is 2.64. The molecule has 0 heterocycles. The van der Waals surface area contributed by atoms with Crippen molar-refractivity contribution < 1.29 is 9.90 Å². The molecule has 4 saturated carbocycles. The second-order valence-corrected chi connectivity index (χ2v) is 10.2. The van der Waals surface area contributed by atoms with Crippen LogP contribution in [0.15, 0.2) is 0 Å². The van der Waals surface area contributed by atoms with Crippen molar-refractivity contribution in [2.45, 2.75) is 83.8 Å². The highest BCUT2D eigenvalue weighted by Gasteiger charge is 2.57. The van der Waals surface area contributed by atoms with E-state index in [2.05, 4.69) is 12.2 Å². The molecule has 3 unspecified atom stereocenters. The molecule has 4 nitrogen and oxygen atoms in total. The van der Waals surface area contributed by atoms with E-state index in [1.54, 1.807) is 0 Å². The summed E-state index contributed by atoms with van der Waals surface area (Å²) in [6, 6.07) is 0.351. The van der Waals surface area contributed by atoms with Crippen molar-refractivity contribution in [2.75, 3.05) is 6.54 Å². The van der Waals surface area contributed by atoms with E-state index in [0.717, 1.165) is 42.4 Å². The topological polar surface area (TPSA) is 75.3 Å². The number of nitrogens with two attached hydrogens (primary N) is 1. The van der Waals surface area contributed by atoms with Gasteiger partial charge in [-0.25, -0.2) is 0 Å². The number of amides is 1. The zero-order valence-electron chi connectivity index (χ0n) is 17.0. The molecule has 0 radical (unpaired) electrons. The lowest BCUT2D eigenvalue weighted by Crippen LogP contribution is -2.51. The highest BCUT2D eigenvalue weighted by molar-refractivity contribution is 5.85. The summed E-state index contributed by atoms with van der Waals surface area (Å²) in [7, 11) is 0. The smallest absolute Gasteiger partial charge is 0.233 e. The number of aliphatic hydroxyl groups excluding tert-OH is 1. The third-order valence-electron chi connectivity index (χ3n) is 9.16. The van der Waals surface area contributed by atoms with Gasteiger partial charge in [-0.05, 0) is 106 Å². The summed E-state index contributed by atoms with van der Waals surface area (Å²) in [6.45, 7) is 4.61. The summed E-state index contributed by atoms with van der Waals surface area (Å²) in [6.07, 6.45) is 11.4. The van der Waals surface area contributed by atoms with Crippen LogP contribution in [0.2, 0.25) is 0 Å². The Morgan fingerprint density at radius 2 is 1.85 bits per heavy atom. The first-order valence-electron chi connectivity index (χ1n) is 11.1. The van der Waals surface area contributed by atoms with Crippen molar-refractivity contribution in [1.82, 2.24) is 5.32 Å². The van der Waals surface area contributed by atoms with Gasteiger partial charge in [0.15, 0.2) is 0 Å². The van der Waals surface area contributed by atoms with Crippen molar-refractivity contribution >= 4 is 18.3 Å². The quantitative estimate of drug-likeness (QED) is 0.680. The Labute approximate surface area is 170 Å². The molecule has 0 spiro atoms. The Balaban J connectivity index is 0.00000210. The van der Waals surface area contributed by atoms with Crippen molar-refractivity contribution in [3.05, 3.63) is 0 Å². The summed E-state index contributed by atoms with van der Waals surface area (Å²) in [5, 5.41) is 13.5. The minimum atomic E-state index is -0.153. The van der Waals surface area contributed by atoms with Gasteiger partial charge in [-0.2, -0.15) is 0 Å². The van der Waals surface area contributed by atoms with Gasteiger partial charge in [0.2, 0.25) is 5.91 Å². The molecule has 0 aromatic rings. The second kappa shape index (κ2) is 8.20. The number of carbonyl (C=O) groups excluding carboxylic acids is 1. The van der Waals surface area contributed by atoms with Gasteiger partial charge in [-0.3, -0.25) is 4.79 Å². The molecule has 4 fully saturated rings. The Morgan fingerprint density at radius 1 is 1.11 bits per heavy atom. The average molecular weight is 399 g/mol. The number of carbonyl (C=O) groups is 1. The molecule has 27 heavy (non-hydrogen) atoms. The highest BCUT2D eigenvalue weighted by atomic mass is 35.5. The molecule has 4 rings (SSSR count). The van der Waals surface area contributed by atoms with E-state index < -0.39 is 0 Å². The van der Waals surface area contributed by atoms with Crippen LogP contribution in [0.3, 0.4) is 0 Å². The molecule has 4 N–H and O–H groups in total. The van der Waals surface area contributed by atoms with Crippen LogP contribution < -0.4 is 11.1 Å². The van der Waals surface area contributed by atoms with E-state index in [1.165, 1.54) is 44.9 Å². The number of fused-ring (bicyclic) bond motifs is 5. The first-order chi connectivity index (χ1) is 12.4. The van der Waals surface area contributed by atoms with Gasteiger partial charge < -0.3 is 16.2 Å². The van der Waals surface area contributed by atoms with Crippen molar-refractivity contribution in [1.29, 1.82) is 0 Å². The number of nitrogens with one attached hydrogen (secondary N) is 1. The maximum atomic E-state index is 11.7. The first kappa shape index (κ1) is 21.4. The zero-order valence-corrected chi connectivity index (χ0v) is 17.8. The Bertz CT molecular complexity index is 542. The maximum Gasteiger partial charge on any atom is 0.233 e. The van der Waals surface area contributed by atoms with E-state index in [-0.39, 0.29) is 31.0 Å². The van der Waals surface area contributed by atoms with Crippen LogP contribution in [0.25, 0.3) is 0 Å². The van der Waals surface area contributed by atoms with Gasteiger partial charge in [0.25, 0.3) is 0 Å². The van der Waals surface area contributed by atoms with E-state index in [1.807, 2.05) is 6.92 Å². The first-order valence-corrected chi connectivity index (χ1v) is 11.1. The lowest BCUT2D eigenvalue weighted by atomic mass is 9.49. The van der Waals surface area contributed by atoms with Gasteiger partial charge in [-0.15, -0.1) is 12.4 Å². The lowest BCUT2D eigenvalue weighted by Gasteiger charge is -2.56. The third kappa shape index (κ3) is 3.67. The molecule has 0 aromatic carbocycles. The predicted molar refractivity (Wildman–Crippen MR) is 111 cm³/mol. The molecule has 0 saturated heterocycles. The lowest BCUT2D eigenvalue weighted by molar-refractivity contribution is -0.121. The summed E-state index contributed by atoms with van der Waals surface area (Å²) >= 11 is 0. The van der Waals surface area contributed by atoms with Crippen LogP contribution in [0.1, 0.15) is 71.6 Å². The zero-order chi connectivity index (χ0) is 18.5. The molecule has 5 heteroatoms. The van der Waals surface area contributed by atoms with Crippen molar-refractivity contribution in [3.8, 4) is 0 Å². The van der Waals surface area contributed by atoms with Crippen molar-refractivity contribution in [3.63, 3.8) is 0 Å². The van der Waals surface area contributed by atoms with E-state index in [0.29, 0.717) is 17.4 Å². The minimum absolute atomic E-state index is 0. The molecule has 0 aromatic heterocycles. The third-order valence-corrected chi connectivity index (χ3v) is 9.16. The van der Waals surface area contributed by atoms with Gasteiger partial charge in [0.1, 0.15) is 0 Å². The van der Waals surface area contributed by atoms with Crippen LogP contribution in [0.5, 0.6) is 0 Å². The fourth-order valence-electron chi connectivity index (χ4n) is 8.10. The fourth-order valence-corrected chi connectivity index (χ4v) is 8.10. The molecular weight excluding hydrogens is 360 g/mol. The van der Waals surface area contributed by atoms with Gasteiger partial charge >= 0.3 is 0 Å². The summed E-state index contributed by atoms with van der Waals surface area (Å²) in [4.78, 5) is 11.7. The number of rotatable bonds is 3. The molecule has 0 bridgehead atoms. The molecule has 156 valence electrons. The largest absolute Gasteiger partial charge is 0.393 e. The summed E-state index contributed by atoms with van der Waals surface area (Å²) in [5.74, 6) is 4.79. The summed E-state index contributed by atoms with van der Waals surface area (Å²) < 4.78 is 0. The monoisotopic (exact) mass is 398 g/mol. The normalized spacial score (nSPS) is 47.0. The predicted octanol–water partition coefficient (Wildman–Crippen LogP) is 3.50. The minimum Gasteiger partial charge on any atom is -0.393 e. The van der Waals surface area contributed by atoms with Crippen LogP contribution in [0, 0.1) is 40.9 Å². The van der Waals surface area contributed by atoms with E-state index in [4.69, 9.17) is 5.73 Å².